The molecule has 17 heavy (non-hydrogen) atoms. The Kier molecular flexibility index (Phi) is 2.95. The SMILES string of the molecule is CCc1ccc(-c2nc(N)c(C)c(=O)[nH]2)cc1. The molecular weight excluding hydrogens is 214 g/mol. The summed E-state index contributed by atoms with van der Waals surface area (Å²) in [6, 6.07) is 7.91. The van der Waals surface area contributed by atoms with E-state index in [1.165, 1.54) is 5.56 Å². The van der Waals surface area contributed by atoms with Crippen LogP contribution in [0.3, 0.4) is 0 Å². The van der Waals surface area contributed by atoms with E-state index < -0.39 is 0 Å². The van der Waals surface area contributed by atoms with Gasteiger partial charge in [-0.15, -0.1) is 0 Å². The van der Waals surface area contributed by atoms with E-state index in [0.29, 0.717) is 11.4 Å². The average molecular weight is 229 g/mol. The van der Waals surface area contributed by atoms with Crippen LogP contribution in [0.15, 0.2) is 29.1 Å². The van der Waals surface area contributed by atoms with Gasteiger partial charge in [0.25, 0.3) is 5.56 Å². The number of H-pyrrole nitrogens is 1. The summed E-state index contributed by atoms with van der Waals surface area (Å²) >= 11 is 0. The van der Waals surface area contributed by atoms with E-state index in [1.54, 1.807) is 6.92 Å². The van der Waals surface area contributed by atoms with Gasteiger partial charge in [-0.25, -0.2) is 4.98 Å². The Morgan fingerprint density at radius 3 is 2.47 bits per heavy atom. The van der Waals surface area contributed by atoms with Crippen LogP contribution in [-0.4, -0.2) is 9.97 Å². The second-order valence-corrected chi connectivity index (χ2v) is 3.98. The van der Waals surface area contributed by atoms with Gasteiger partial charge in [0.15, 0.2) is 0 Å². The van der Waals surface area contributed by atoms with Crippen molar-refractivity contribution in [3.8, 4) is 11.4 Å². The van der Waals surface area contributed by atoms with Gasteiger partial charge < -0.3 is 10.7 Å². The van der Waals surface area contributed by atoms with E-state index >= 15 is 0 Å². The molecule has 0 fully saturated rings. The number of nitrogens with two attached hydrogens (primary N) is 1. The second kappa shape index (κ2) is 4.41. The maximum Gasteiger partial charge on any atom is 0.256 e. The Morgan fingerprint density at radius 1 is 1.29 bits per heavy atom. The van der Waals surface area contributed by atoms with E-state index in [0.717, 1.165) is 12.0 Å². The number of rotatable bonds is 2. The van der Waals surface area contributed by atoms with Gasteiger partial charge in [-0.05, 0) is 18.9 Å². The van der Waals surface area contributed by atoms with Gasteiger partial charge in [0, 0.05) is 5.56 Å². The lowest BCUT2D eigenvalue weighted by Gasteiger charge is -2.04. The van der Waals surface area contributed by atoms with Crippen LogP contribution >= 0.6 is 0 Å². The molecule has 88 valence electrons. The van der Waals surface area contributed by atoms with Crippen LogP contribution in [0.25, 0.3) is 11.4 Å². The van der Waals surface area contributed by atoms with Gasteiger partial charge in [-0.2, -0.15) is 0 Å². The fourth-order valence-corrected chi connectivity index (χ4v) is 1.58. The molecule has 0 atom stereocenters. The second-order valence-electron chi connectivity index (χ2n) is 3.98. The van der Waals surface area contributed by atoms with Crippen molar-refractivity contribution in [1.29, 1.82) is 0 Å². The van der Waals surface area contributed by atoms with Crippen molar-refractivity contribution in [2.45, 2.75) is 20.3 Å². The molecule has 0 aliphatic heterocycles. The fourth-order valence-electron chi connectivity index (χ4n) is 1.58. The Labute approximate surface area is 99.5 Å². The monoisotopic (exact) mass is 229 g/mol. The first-order chi connectivity index (χ1) is 8.11. The standard InChI is InChI=1S/C13H15N3O/c1-3-9-4-6-10(7-5-9)12-15-11(14)8(2)13(17)16-12/h4-7H,3H2,1-2H3,(H3,14,15,16,17). The van der Waals surface area contributed by atoms with Crippen LogP contribution in [0.4, 0.5) is 5.82 Å². The van der Waals surface area contributed by atoms with Crippen molar-refractivity contribution < 1.29 is 0 Å². The lowest BCUT2D eigenvalue weighted by Crippen LogP contribution is -2.15. The number of aromatic amines is 1. The normalized spacial score (nSPS) is 10.5. The number of aryl methyl sites for hydroxylation is 1. The van der Waals surface area contributed by atoms with Crippen molar-refractivity contribution in [3.63, 3.8) is 0 Å². The largest absolute Gasteiger partial charge is 0.383 e. The number of hydrogen-bond donors (Lipinski definition) is 2. The molecule has 2 aromatic rings. The van der Waals surface area contributed by atoms with Gasteiger partial charge in [-0.3, -0.25) is 4.79 Å². The first-order valence-electron chi connectivity index (χ1n) is 5.57. The summed E-state index contributed by atoms with van der Waals surface area (Å²) in [5.41, 5.74) is 8.07. The van der Waals surface area contributed by atoms with Crippen LogP contribution in [0.2, 0.25) is 0 Å². The zero-order chi connectivity index (χ0) is 12.4. The van der Waals surface area contributed by atoms with Crippen molar-refractivity contribution in [3.05, 3.63) is 45.7 Å². The minimum absolute atomic E-state index is 0.188. The highest BCUT2D eigenvalue weighted by atomic mass is 16.1. The van der Waals surface area contributed by atoms with Crippen molar-refractivity contribution >= 4 is 5.82 Å². The summed E-state index contributed by atoms with van der Waals surface area (Å²) in [6.45, 7) is 3.75. The third-order valence-corrected chi connectivity index (χ3v) is 2.82. The number of benzene rings is 1. The van der Waals surface area contributed by atoms with Crippen molar-refractivity contribution in [2.75, 3.05) is 5.73 Å². The third kappa shape index (κ3) is 2.20. The van der Waals surface area contributed by atoms with E-state index in [1.807, 2.05) is 24.3 Å². The molecule has 2 rings (SSSR count). The molecule has 1 heterocycles. The summed E-state index contributed by atoms with van der Waals surface area (Å²) in [6.07, 6.45) is 0.986. The molecule has 0 spiro atoms. The summed E-state index contributed by atoms with van der Waals surface area (Å²) in [7, 11) is 0. The summed E-state index contributed by atoms with van der Waals surface area (Å²) in [5.74, 6) is 0.795. The Balaban J connectivity index is 2.49. The Morgan fingerprint density at radius 2 is 1.94 bits per heavy atom. The molecule has 0 radical (unpaired) electrons. The maximum absolute atomic E-state index is 11.6. The summed E-state index contributed by atoms with van der Waals surface area (Å²) in [5, 5.41) is 0. The van der Waals surface area contributed by atoms with E-state index in [2.05, 4.69) is 16.9 Å². The quantitative estimate of drug-likeness (QED) is 0.826. The number of hydrogen-bond acceptors (Lipinski definition) is 3. The predicted molar refractivity (Wildman–Crippen MR) is 68.8 cm³/mol. The number of anilines is 1. The van der Waals surface area contributed by atoms with E-state index in [9.17, 15) is 4.79 Å². The lowest BCUT2D eigenvalue weighted by atomic mass is 10.1. The van der Waals surface area contributed by atoms with Gasteiger partial charge in [-0.1, -0.05) is 31.2 Å². The molecular formula is C13H15N3O. The molecule has 0 saturated carbocycles. The molecule has 0 saturated heterocycles. The summed E-state index contributed by atoms with van der Waals surface area (Å²) in [4.78, 5) is 18.5. The number of nitrogens with one attached hydrogen (secondary N) is 1. The molecule has 0 amide bonds. The highest BCUT2D eigenvalue weighted by Gasteiger charge is 2.06. The minimum atomic E-state index is -0.188. The van der Waals surface area contributed by atoms with Crippen LogP contribution in [0, 0.1) is 6.92 Å². The maximum atomic E-state index is 11.6. The van der Waals surface area contributed by atoms with Gasteiger partial charge in [0.2, 0.25) is 0 Å². The number of nitrogen functional groups attached to an aromatic ring is 1. The number of nitrogens with zero attached hydrogens (tertiary/aromatic N) is 1. The minimum Gasteiger partial charge on any atom is -0.383 e. The number of aromatic nitrogens is 2. The molecule has 0 unspecified atom stereocenters. The van der Waals surface area contributed by atoms with Crippen molar-refractivity contribution in [1.82, 2.24) is 9.97 Å². The third-order valence-electron chi connectivity index (χ3n) is 2.82. The summed E-state index contributed by atoms with van der Waals surface area (Å²) < 4.78 is 0. The van der Waals surface area contributed by atoms with Crippen LogP contribution in [0.5, 0.6) is 0 Å². The molecule has 1 aromatic carbocycles. The van der Waals surface area contributed by atoms with Crippen molar-refractivity contribution in [2.24, 2.45) is 0 Å². The molecule has 0 aliphatic rings. The van der Waals surface area contributed by atoms with Crippen LogP contribution in [-0.2, 0) is 6.42 Å². The Bertz CT molecular complexity index is 585. The average Bonchev–Trinajstić information content (AvgIpc) is 2.35. The van der Waals surface area contributed by atoms with Crippen LogP contribution in [0.1, 0.15) is 18.1 Å². The smallest absolute Gasteiger partial charge is 0.256 e. The fraction of sp³-hybridized carbons (Fsp3) is 0.231. The van der Waals surface area contributed by atoms with Gasteiger partial charge in [0.1, 0.15) is 11.6 Å². The molecule has 4 heteroatoms. The molecule has 0 aliphatic carbocycles. The van der Waals surface area contributed by atoms with Gasteiger partial charge >= 0.3 is 0 Å². The predicted octanol–water partition coefficient (Wildman–Crippen LogP) is 1.89. The lowest BCUT2D eigenvalue weighted by molar-refractivity contribution is 1.09. The first kappa shape index (κ1) is 11.4. The molecule has 3 N–H and O–H groups in total. The zero-order valence-corrected chi connectivity index (χ0v) is 9.95. The molecule has 1 aromatic heterocycles. The van der Waals surface area contributed by atoms with E-state index in [4.69, 9.17) is 5.73 Å². The highest BCUT2D eigenvalue weighted by Crippen LogP contribution is 2.16. The van der Waals surface area contributed by atoms with Crippen LogP contribution < -0.4 is 11.3 Å². The van der Waals surface area contributed by atoms with E-state index in [-0.39, 0.29) is 11.4 Å². The van der Waals surface area contributed by atoms with Gasteiger partial charge in [0.05, 0.1) is 5.56 Å². The molecule has 4 nitrogen and oxygen atoms in total. The molecule has 0 bridgehead atoms. The highest BCUT2D eigenvalue weighted by molar-refractivity contribution is 5.57. The topological polar surface area (TPSA) is 71.8 Å². The first-order valence-corrected chi connectivity index (χ1v) is 5.57. The Hall–Kier alpha value is -2.10. The zero-order valence-electron chi connectivity index (χ0n) is 9.95.